The van der Waals surface area contributed by atoms with E-state index in [2.05, 4.69) is 15.8 Å². The lowest BCUT2D eigenvalue weighted by atomic mass is 9.74. The second-order valence-electron chi connectivity index (χ2n) is 7.59. The Kier molecular flexibility index (Phi) is 7.93. The van der Waals surface area contributed by atoms with Gasteiger partial charge in [-0.15, -0.1) is 0 Å². The number of halogens is 2. The molecule has 158 valence electrons. The average molecular weight is 444 g/mol. The van der Waals surface area contributed by atoms with E-state index >= 15 is 0 Å². The number of amides is 2. The molecular formula is C18H24BCl2N3O5. The Morgan fingerprint density at radius 3 is 2.66 bits per heavy atom. The standard InChI is InChI=1S/C18H24BCl2N3O5/c1-10(2)6-15(19(27)28)23-17(26)18(3)8-12(24-29-18)9-22-16(25)13-7-11(20)4-5-14(13)21/h4-5,7,10,15,27-28H,6,8-9H2,1-3H3,(H,22,25)(H,23,26)/t15-,18?/m0/s1. The smallest absolute Gasteiger partial charge is 0.426 e. The van der Waals surface area contributed by atoms with E-state index in [1.54, 1.807) is 13.0 Å². The molecule has 1 aliphatic rings. The Balaban J connectivity index is 1.93. The molecule has 0 saturated heterocycles. The molecule has 0 bridgehead atoms. The van der Waals surface area contributed by atoms with E-state index in [1.165, 1.54) is 12.1 Å². The molecular weight excluding hydrogens is 420 g/mol. The predicted octanol–water partition coefficient (Wildman–Crippen LogP) is 1.80. The number of hydrogen-bond acceptors (Lipinski definition) is 6. The number of rotatable bonds is 8. The first-order valence-electron chi connectivity index (χ1n) is 9.16. The molecule has 0 radical (unpaired) electrons. The average Bonchev–Trinajstić information content (AvgIpc) is 3.03. The van der Waals surface area contributed by atoms with Gasteiger partial charge in [0.05, 0.1) is 28.8 Å². The molecule has 0 aliphatic carbocycles. The van der Waals surface area contributed by atoms with Crippen LogP contribution >= 0.6 is 23.2 Å². The van der Waals surface area contributed by atoms with Crippen LogP contribution in [0.4, 0.5) is 0 Å². The van der Waals surface area contributed by atoms with Crippen molar-refractivity contribution in [2.24, 2.45) is 11.1 Å². The van der Waals surface area contributed by atoms with Gasteiger partial charge in [-0.3, -0.25) is 9.59 Å². The minimum Gasteiger partial charge on any atom is -0.426 e. The Bertz CT molecular complexity index is 806. The lowest BCUT2D eigenvalue weighted by molar-refractivity contribution is -0.142. The van der Waals surface area contributed by atoms with E-state index in [1.807, 2.05) is 13.8 Å². The maximum absolute atomic E-state index is 12.6. The third-order valence-corrected chi connectivity index (χ3v) is 4.99. The van der Waals surface area contributed by atoms with E-state index in [0.29, 0.717) is 17.2 Å². The monoisotopic (exact) mass is 443 g/mol. The summed E-state index contributed by atoms with van der Waals surface area (Å²) < 4.78 is 0. The van der Waals surface area contributed by atoms with Crippen LogP contribution in [0.2, 0.25) is 10.0 Å². The zero-order valence-electron chi connectivity index (χ0n) is 16.4. The molecule has 2 atom stereocenters. The fourth-order valence-corrected chi connectivity index (χ4v) is 3.24. The minimum atomic E-state index is -1.69. The Morgan fingerprint density at radius 1 is 1.34 bits per heavy atom. The molecule has 1 aliphatic heterocycles. The first-order valence-corrected chi connectivity index (χ1v) is 9.91. The van der Waals surface area contributed by atoms with Crippen molar-refractivity contribution in [3.8, 4) is 0 Å². The van der Waals surface area contributed by atoms with Crippen molar-refractivity contribution in [2.75, 3.05) is 6.54 Å². The quantitative estimate of drug-likeness (QED) is 0.456. The minimum absolute atomic E-state index is 0.0581. The zero-order valence-corrected chi connectivity index (χ0v) is 17.9. The fourth-order valence-electron chi connectivity index (χ4n) is 2.87. The third kappa shape index (κ3) is 6.34. The third-order valence-electron chi connectivity index (χ3n) is 4.43. The van der Waals surface area contributed by atoms with Crippen molar-refractivity contribution in [1.29, 1.82) is 0 Å². The second kappa shape index (κ2) is 9.80. The van der Waals surface area contributed by atoms with Gasteiger partial charge >= 0.3 is 7.12 Å². The van der Waals surface area contributed by atoms with Crippen LogP contribution in [-0.4, -0.2) is 52.8 Å². The van der Waals surface area contributed by atoms with Gasteiger partial charge in [0.1, 0.15) is 0 Å². The van der Waals surface area contributed by atoms with Gasteiger partial charge < -0.3 is 25.5 Å². The molecule has 1 unspecified atom stereocenters. The van der Waals surface area contributed by atoms with Crippen LogP contribution in [0.5, 0.6) is 0 Å². The maximum atomic E-state index is 12.6. The van der Waals surface area contributed by atoms with Gasteiger partial charge in [0.2, 0.25) is 5.60 Å². The number of nitrogens with zero attached hydrogens (tertiary/aromatic N) is 1. The van der Waals surface area contributed by atoms with Crippen molar-refractivity contribution >= 4 is 47.8 Å². The van der Waals surface area contributed by atoms with Crippen LogP contribution in [0.15, 0.2) is 23.4 Å². The fraction of sp³-hybridized carbons (Fsp3) is 0.500. The SMILES string of the molecule is CC(C)C[C@H](NC(=O)C1(C)CC(CNC(=O)c2cc(Cl)ccc2Cl)=NO1)B(O)O. The zero-order chi connectivity index (χ0) is 21.8. The van der Waals surface area contributed by atoms with Crippen molar-refractivity contribution < 1.29 is 24.5 Å². The maximum Gasteiger partial charge on any atom is 0.475 e. The lowest BCUT2D eigenvalue weighted by Gasteiger charge is -2.25. The van der Waals surface area contributed by atoms with Gasteiger partial charge in [0, 0.05) is 11.4 Å². The van der Waals surface area contributed by atoms with Crippen LogP contribution in [0.3, 0.4) is 0 Å². The van der Waals surface area contributed by atoms with Crippen molar-refractivity contribution in [3.05, 3.63) is 33.8 Å². The van der Waals surface area contributed by atoms with E-state index in [9.17, 15) is 19.6 Å². The highest BCUT2D eigenvalue weighted by molar-refractivity contribution is 6.43. The van der Waals surface area contributed by atoms with Crippen molar-refractivity contribution in [2.45, 2.75) is 45.2 Å². The first kappa shape index (κ1) is 23.5. The lowest BCUT2D eigenvalue weighted by Crippen LogP contribution is -2.54. The Hall–Kier alpha value is -1.81. The molecule has 2 rings (SSSR count). The molecule has 29 heavy (non-hydrogen) atoms. The van der Waals surface area contributed by atoms with Gasteiger partial charge in [-0.25, -0.2) is 0 Å². The molecule has 4 N–H and O–H groups in total. The van der Waals surface area contributed by atoms with E-state index in [0.717, 1.165) is 0 Å². The van der Waals surface area contributed by atoms with Crippen LogP contribution < -0.4 is 10.6 Å². The van der Waals surface area contributed by atoms with E-state index in [-0.39, 0.29) is 29.5 Å². The van der Waals surface area contributed by atoms with Gasteiger partial charge in [0.15, 0.2) is 0 Å². The van der Waals surface area contributed by atoms with Crippen LogP contribution in [0.1, 0.15) is 44.0 Å². The number of benzene rings is 1. The Morgan fingerprint density at radius 2 is 2.03 bits per heavy atom. The number of carbonyl (C=O) groups excluding carboxylic acids is 2. The van der Waals surface area contributed by atoms with Crippen LogP contribution in [-0.2, 0) is 9.63 Å². The molecule has 1 aromatic carbocycles. The first-order chi connectivity index (χ1) is 13.5. The molecule has 11 heteroatoms. The van der Waals surface area contributed by atoms with E-state index in [4.69, 9.17) is 28.0 Å². The number of oxime groups is 1. The molecule has 1 heterocycles. The summed E-state index contributed by atoms with van der Waals surface area (Å²) in [4.78, 5) is 30.2. The molecule has 2 amide bonds. The summed E-state index contributed by atoms with van der Waals surface area (Å²) in [6.07, 6.45) is 0.530. The molecule has 0 fully saturated rings. The summed E-state index contributed by atoms with van der Waals surface area (Å²) in [5, 5.41) is 28.8. The molecule has 8 nitrogen and oxygen atoms in total. The normalized spacial score (nSPS) is 19.4. The van der Waals surface area contributed by atoms with Crippen LogP contribution in [0.25, 0.3) is 0 Å². The summed E-state index contributed by atoms with van der Waals surface area (Å²) in [5.41, 5.74) is -0.621. The van der Waals surface area contributed by atoms with Gasteiger partial charge in [-0.05, 0) is 37.5 Å². The highest BCUT2D eigenvalue weighted by Gasteiger charge is 2.43. The van der Waals surface area contributed by atoms with Gasteiger partial charge in [-0.1, -0.05) is 42.2 Å². The topological polar surface area (TPSA) is 120 Å². The molecule has 0 spiro atoms. The summed E-state index contributed by atoms with van der Waals surface area (Å²) in [7, 11) is -1.69. The van der Waals surface area contributed by atoms with Crippen molar-refractivity contribution in [3.63, 3.8) is 0 Å². The van der Waals surface area contributed by atoms with Gasteiger partial charge in [0.25, 0.3) is 11.8 Å². The summed E-state index contributed by atoms with van der Waals surface area (Å²) in [6, 6.07) is 4.56. The Labute approximate surface area is 179 Å². The summed E-state index contributed by atoms with van der Waals surface area (Å²) in [5.74, 6) is -1.62. The predicted molar refractivity (Wildman–Crippen MR) is 112 cm³/mol. The summed E-state index contributed by atoms with van der Waals surface area (Å²) in [6.45, 7) is 5.42. The van der Waals surface area contributed by atoms with Gasteiger partial charge in [-0.2, -0.15) is 0 Å². The largest absolute Gasteiger partial charge is 0.475 e. The van der Waals surface area contributed by atoms with E-state index < -0.39 is 30.5 Å². The van der Waals surface area contributed by atoms with Crippen LogP contribution in [0, 0.1) is 5.92 Å². The summed E-state index contributed by atoms with van der Waals surface area (Å²) >= 11 is 11.9. The second-order valence-corrected chi connectivity index (χ2v) is 8.43. The highest BCUT2D eigenvalue weighted by Crippen LogP contribution is 2.25. The molecule has 0 aromatic heterocycles. The van der Waals surface area contributed by atoms with Crippen molar-refractivity contribution in [1.82, 2.24) is 10.6 Å². The number of carbonyl (C=O) groups is 2. The molecule has 0 saturated carbocycles. The highest BCUT2D eigenvalue weighted by atomic mass is 35.5. The number of hydrogen-bond donors (Lipinski definition) is 4. The molecule has 1 aromatic rings. The number of nitrogens with one attached hydrogen (secondary N) is 2.